The van der Waals surface area contributed by atoms with Crippen LogP contribution in [0.1, 0.15) is 36.1 Å². The van der Waals surface area contributed by atoms with Gasteiger partial charge in [0.15, 0.2) is 0 Å². The summed E-state index contributed by atoms with van der Waals surface area (Å²) in [6.45, 7) is 2.16. The zero-order chi connectivity index (χ0) is 13.7. The molecule has 2 rings (SSSR count). The molecular weight excluding hydrogens is 239 g/mol. The third-order valence-electron chi connectivity index (χ3n) is 3.22. The Labute approximate surface area is 113 Å². The molecule has 0 heterocycles. The van der Waals surface area contributed by atoms with Gasteiger partial charge in [-0.05, 0) is 35.2 Å². The van der Waals surface area contributed by atoms with E-state index >= 15 is 0 Å². The van der Waals surface area contributed by atoms with Crippen molar-refractivity contribution in [3.63, 3.8) is 0 Å². The largest absolute Gasteiger partial charge is 0.271 e. The molecule has 0 aromatic heterocycles. The van der Waals surface area contributed by atoms with Gasteiger partial charge in [0.05, 0.1) is 6.04 Å². The van der Waals surface area contributed by atoms with Crippen LogP contribution in [0.4, 0.5) is 4.39 Å². The van der Waals surface area contributed by atoms with Gasteiger partial charge in [-0.15, -0.1) is 0 Å². The lowest BCUT2D eigenvalue weighted by atomic mass is 9.97. The molecule has 2 aromatic carbocycles. The molecule has 100 valence electrons. The highest BCUT2D eigenvalue weighted by Gasteiger charge is 2.12. The number of hydrogen-bond donors (Lipinski definition) is 2. The van der Waals surface area contributed by atoms with Crippen molar-refractivity contribution in [2.24, 2.45) is 5.84 Å². The van der Waals surface area contributed by atoms with Crippen LogP contribution >= 0.6 is 0 Å². The molecule has 0 saturated carbocycles. The normalized spacial score (nSPS) is 12.4. The first-order valence-corrected chi connectivity index (χ1v) is 6.55. The van der Waals surface area contributed by atoms with Crippen molar-refractivity contribution in [1.82, 2.24) is 5.43 Å². The van der Waals surface area contributed by atoms with Crippen LogP contribution in [0.15, 0.2) is 48.5 Å². The van der Waals surface area contributed by atoms with Crippen molar-refractivity contribution < 1.29 is 4.39 Å². The van der Waals surface area contributed by atoms with Gasteiger partial charge < -0.3 is 0 Å². The summed E-state index contributed by atoms with van der Waals surface area (Å²) >= 11 is 0. The van der Waals surface area contributed by atoms with Gasteiger partial charge in [0.25, 0.3) is 0 Å². The Bertz CT molecular complexity index is 505. The molecule has 0 radical (unpaired) electrons. The maximum atomic E-state index is 12.9. The van der Waals surface area contributed by atoms with Gasteiger partial charge in [-0.3, -0.25) is 5.84 Å². The summed E-state index contributed by atoms with van der Waals surface area (Å²) in [7, 11) is 0. The third kappa shape index (κ3) is 3.40. The number of aryl methyl sites for hydroxylation is 1. The van der Waals surface area contributed by atoms with Crippen molar-refractivity contribution >= 4 is 0 Å². The summed E-state index contributed by atoms with van der Waals surface area (Å²) in [5, 5.41) is 0. The Balaban J connectivity index is 2.23. The Morgan fingerprint density at radius 3 is 2.00 bits per heavy atom. The lowest BCUT2D eigenvalue weighted by molar-refractivity contribution is 0.615. The molecule has 0 bridgehead atoms. The zero-order valence-electron chi connectivity index (χ0n) is 11.1. The summed E-state index contributed by atoms with van der Waals surface area (Å²) in [5.41, 5.74) is 6.13. The van der Waals surface area contributed by atoms with E-state index in [0.29, 0.717) is 0 Å². The predicted octanol–water partition coefficient (Wildman–Crippen LogP) is 3.33. The van der Waals surface area contributed by atoms with Gasteiger partial charge in [0.1, 0.15) is 5.82 Å². The van der Waals surface area contributed by atoms with Gasteiger partial charge in [-0.2, -0.15) is 0 Å². The van der Waals surface area contributed by atoms with Crippen molar-refractivity contribution in [2.45, 2.75) is 25.8 Å². The quantitative estimate of drug-likeness (QED) is 0.637. The van der Waals surface area contributed by atoms with Crippen LogP contribution in [-0.4, -0.2) is 0 Å². The monoisotopic (exact) mass is 258 g/mol. The molecular formula is C16H19FN2. The van der Waals surface area contributed by atoms with Crippen LogP contribution in [0.5, 0.6) is 0 Å². The van der Waals surface area contributed by atoms with Gasteiger partial charge >= 0.3 is 0 Å². The van der Waals surface area contributed by atoms with Gasteiger partial charge in [0, 0.05) is 0 Å². The molecule has 3 N–H and O–H groups in total. The second kappa shape index (κ2) is 6.45. The zero-order valence-corrected chi connectivity index (χ0v) is 11.1. The SMILES string of the molecule is CCCc1ccc(C(NN)c2ccc(F)cc2)cc1. The minimum Gasteiger partial charge on any atom is -0.271 e. The first kappa shape index (κ1) is 13.7. The fourth-order valence-electron chi connectivity index (χ4n) is 2.21. The average molecular weight is 258 g/mol. The molecule has 19 heavy (non-hydrogen) atoms. The predicted molar refractivity (Wildman–Crippen MR) is 76.0 cm³/mol. The molecule has 3 heteroatoms. The van der Waals surface area contributed by atoms with Crippen molar-refractivity contribution in [2.75, 3.05) is 0 Å². The van der Waals surface area contributed by atoms with E-state index < -0.39 is 0 Å². The van der Waals surface area contributed by atoms with E-state index in [4.69, 9.17) is 5.84 Å². The topological polar surface area (TPSA) is 38.0 Å². The Morgan fingerprint density at radius 2 is 1.53 bits per heavy atom. The van der Waals surface area contributed by atoms with Crippen LogP contribution in [-0.2, 0) is 6.42 Å². The highest BCUT2D eigenvalue weighted by molar-refractivity contribution is 5.33. The summed E-state index contributed by atoms with van der Waals surface area (Å²) in [5.74, 6) is 5.39. The number of nitrogens with one attached hydrogen (secondary N) is 1. The molecule has 0 spiro atoms. The van der Waals surface area contributed by atoms with Crippen molar-refractivity contribution in [3.8, 4) is 0 Å². The first-order chi connectivity index (χ1) is 9.24. The number of hydrazine groups is 1. The summed E-state index contributed by atoms with van der Waals surface area (Å²) in [4.78, 5) is 0. The number of hydrogen-bond acceptors (Lipinski definition) is 2. The second-order valence-corrected chi connectivity index (χ2v) is 4.64. The molecule has 0 aliphatic carbocycles. The fourth-order valence-corrected chi connectivity index (χ4v) is 2.21. The Kier molecular flexibility index (Phi) is 4.66. The second-order valence-electron chi connectivity index (χ2n) is 4.64. The number of benzene rings is 2. The molecule has 0 amide bonds. The minimum atomic E-state index is -0.238. The van der Waals surface area contributed by atoms with Gasteiger partial charge in [-0.1, -0.05) is 49.7 Å². The Morgan fingerprint density at radius 1 is 1.00 bits per heavy atom. The molecule has 1 unspecified atom stereocenters. The van der Waals surface area contributed by atoms with Crippen LogP contribution in [0.2, 0.25) is 0 Å². The van der Waals surface area contributed by atoms with E-state index in [1.807, 2.05) is 0 Å². The van der Waals surface area contributed by atoms with Crippen LogP contribution < -0.4 is 11.3 Å². The van der Waals surface area contributed by atoms with Crippen LogP contribution in [0.25, 0.3) is 0 Å². The average Bonchev–Trinajstić information content (AvgIpc) is 2.44. The maximum Gasteiger partial charge on any atom is 0.123 e. The minimum absolute atomic E-state index is 0.115. The molecule has 2 nitrogen and oxygen atoms in total. The Hall–Kier alpha value is -1.71. The number of rotatable bonds is 5. The van der Waals surface area contributed by atoms with E-state index in [0.717, 1.165) is 24.0 Å². The van der Waals surface area contributed by atoms with E-state index in [2.05, 4.69) is 36.6 Å². The van der Waals surface area contributed by atoms with Gasteiger partial charge in [0.2, 0.25) is 0 Å². The molecule has 0 saturated heterocycles. The first-order valence-electron chi connectivity index (χ1n) is 6.55. The lowest BCUT2D eigenvalue weighted by Crippen LogP contribution is -2.28. The van der Waals surface area contributed by atoms with Gasteiger partial charge in [-0.25, -0.2) is 9.82 Å². The lowest BCUT2D eigenvalue weighted by Gasteiger charge is -2.17. The van der Waals surface area contributed by atoms with Crippen molar-refractivity contribution in [1.29, 1.82) is 0 Å². The summed E-state index contributed by atoms with van der Waals surface area (Å²) in [6, 6.07) is 14.7. The van der Waals surface area contributed by atoms with Crippen molar-refractivity contribution in [3.05, 3.63) is 71.0 Å². The molecule has 2 aromatic rings. The molecule has 1 atom stereocenters. The van der Waals surface area contributed by atoms with E-state index in [1.165, 1.54) is 17.7 Å². The highest BCUT2D eigenvalue weighted by atomic mass is 19.1. The number of halogens is 1. The molecule has 0 aliphatic heterocycles. The van der Waals surface area contributed by atoms with E-state index in [1.54, 1.807) is 12.1 Å². The van der Waals surface area contributed by atoms with Crippen LogP contribution in [0, 0.1) is 5.82 Å². The summed E-state index contributed by atoms with van der Waals surface area (Å²) < 4.78 is 12.9. The summed E-state index contributed by atoms with van der Waals surface area (Å²) in [6.07, 6.45) is 2.22. The maximum absolute atomic E-state index is 12.9. The van der Waals surface area contributed by atoms with E-state index in [-0.39, 0.29) is 11.9 Å². The smallest absolute Gasteiger partial charge is 0.123 e. The standard InChI is InChI=1S/C16H19FN2/c1-2-3-12-4-6-13(7-5-12)16(19-18)14-8-10-15(17)11-9-14/h4-11,16,19H,2-3,18H2,1H3. The fraction of sp³-hybridized carbons (Fsp3) is 0.250. The molecule has 0 fully saturated rings. The van der Waals surface area contributed by atoms with E-state index in [9.17, 15) is 4.39 Å². The highest BCUT2D eigenvalue weighted by Crippen LogP contribution is 2.22. The third-order valence-corrected chi connectivity index (χ3v) is 3.22. The van der Waals surface area contributed by atoms with Crippen LogP contribution in [0.3, 0.4) is 0 Å². The molecule has 0 aliphatic rings. The number of nitrogens with two attached hydrogens (primary N) is 1.